The summed E-state index contributed by atoms with van der Waals surface area (Å²) < 4.78 is 14.3. The van der Waals surface area contributed by atoms with Gasteiger partial charge in [0.25, 0.3) is 0 Å². The van der Waals surface area contributed by atoms with Gasteiger partial charge in [-0.05, 0) is 43.7 Å². The van der Waals surface area contributed by atoms with Crippen molar-refractivity contribution in [1.29, 1.82) is 0 Å². The van der Waals surface area contributed by atoms with Gasteiger partial charge in [0.05, 0.1) is 5.52 Å². The number of nitrogen functional groups attached to an aromatic ring is 1. The molecule has 0 unspecified atom stereocenters. The predicted octanol–water partition coefficient (Wildman–Crippen LogP) is 4.32. The Morgan fingerprint density at radius 1 is 1.14 bits per heavy atom. The third-order valence-corrected chi connectivity index (χ3v) is 3.52. The molecule has 0 aliphatic heterocycles. The lowest BCUT2D eigenvalue weighted by Crippen LogP contribution is -2.00. The Kier molecular flexibility index (Phi) is 3.22. The maximum Gasteiger partial charge on any atom is 0.150 e. The second kappa shape index (κ2) is 5.05. The van der Waals surface area contributed by atoms with Crippen LogP contribution in [-0.4, -0.2) is 4.98 Å². The molecule has 1 heterocycles. The lowest BCUT2D eigenvalue weighted by Gasteiger charge is -2.14. The Hall–Kier alpha value is -2.62. The maximum atomic E-state index is 14.3. The molecule has 0 saturated heterocycles. The van der Waals surface area contributed by atoms with E-state index in [1.54, 1.807) is 12.3 Å². The molecule has 2 aromatic carbocycles. The first-order valence-corrected chi connectivity index (χ1v) is 6.73. The lowest BCUT2D eigenvalue weighted by molar-refractivity contribution is 0.634. The van der Waals surface area contributed by atoms with Gasteiger partial charge in [-0.25, -0.2) is 4.39 Å². The van der Waals surface area contributed by atoms with E-state index >= 15 is 0 Å². The number of halogens is 1. The molecule has 0 radical (unpaired) electrons. The van der Waals surface area contributed by atoms with Crippen molar-refractivity contribution in [1.82, 2.24) is 4.98 Å². The molecule has 0 amide bonds. The average Bonchev–Trinajstić information content (AvgIpc) is 2.45. The molecule has 0 aliphatic carbocycles. The number of benzene rings is 2. The van der Waals surface area contributed by atoms with Crippen molar-refractivity contribution >= 4 is 28.0 Å². The molecule has 3 N–H and O–H groups in total. The molecule has 106 valence electrons. The lowest BCUT2D eigenvalue weighted by atomic mass is 10.1. The highest BCUT2D eigenvalue weighted by molar-refractivity contribution is 5.99. The third kappa shape index (κ3) is 2.40. The van der Waals surface area contributed by atoms with Crippen LogP contribution in [0.2, 0.25) is 0 Å². The molecule has 3 aromatic rings. The van der Waals surface area contributed by atoms with Gasteiger partial charge in [0.2, 0.25) is 0 Å². The standard InChI is InChI=1S/C17H16FN3/c1-10-5-6-15(11(2)8-10)21-17-13(18)9-14(19)12-4-3-7-20-16(12)17/h3-9,21H,19H2,1-2H3. The molecule has 21 heavy (non-hydrogen) atoms. The van der Waals surface area contributed by atoms with Crippen LogP contribution in [-0.2, 0) is 0 Å². The zero-order chi connectivity index (χ0) is 15.0. The third-order valence-electron chi connectivity index (χ3n) is 3.52. The summed E-state index contributed by atoms with van der Waals surface area (Å²) in [5.74, 6) is -0.404. The minimum Gasteiger partial charge on any atom is -0.398 e. The SMILES string of the molecule is Cc1ccc(Nc2c(F)cc(N)c3cccnc23)c(C)c1. The van der Waals surface area contributed by atoms with Gasteiger partial charge >= 0.3 is 0 Å². The molecule has 3 rings (SSSR count). The summed E-state index contributed by atoms with van der Waals surface area (Å²) in [6.07, 6.45) is 1.63. The zero-order valence-corrected chi connectivity index (χ0v) is 11.9. The molecule has 3 nitrogen and oxygen atoms in total. The van der Waals surface area contributed by atoms with Crippen molar-refractivity contribution in [3.8, 4) is 0 Å². The van der Waals surface area contributed by atoms with E-state index in [4.69, 9.17) is 5.73 Å². The van der Waals surface area contributed by atoms with Gasteiger partial charge in [0.15, 0.2) is 5.82 Å². The van der Waals surface area contributed by atoms with Gasteiger partial charge in [-0.3, -0.25) is 4.98 Å². The number of nitrogens with one attached hydrogen (secondary N) is 1. The molecule has 0 atom stereocenters. The molecule has 0 spiro atoms. The fraction of sp³-hybridized carbons (Fsp3) is 0.118. The smallest absolute Gasteiger partial charge is 0.150 e. The highest BCUT2D eigenvalue weighted by Crippen LogP contribution is 2.32. The molecular weight excluding hydrogens is 265 g/mol. The van der Waals surface area contributed by atoms with E-state index in [0.717, 1.165) is 16.6 Å². The number of rotatable bonds is 2. The number of aryl methyl sites for hydroxylation is 2. The van der Waals surface area contributed by atoms with Crippen LogP contribution in [0.1, 0.15) is 11.1 Å². The molecule has 0 bridgehead atoms. The van der Waals surface area contributed by atoms with E-state index in [-0.39, 0.29) is 0 Å². The highest BCUT2D eigenvalue weighted by Gasteiger charge is 2.12. The Bertz CT molecular complexity index is 828. The normalized spacial score (nSPS) is 10.8. The summed E-state index contributed by atoms with van der Waals surface area (Å²) in [5.41, 5.74) is 10.2. The average molecular weight is 281 g/mol. The minimum atomic E-state index is -0.404. The summed E-state index contributed by atoms with van der Waals surface area (Å²) in [6, 6.07) is 10.9. The van der Waals surface area contributed by atoms with Crippen LogP contribution >= 0.6 is 0 Å². The van der Waals surface area contributed by atoms with E-state index in [2.05, 4.69) is 10.3 Å². The van der Waals surface area contributed by atoms with E-state index in [1.165, 1.54) is 11.6 Å². The topological polar surface area (TPSA) is 50.9 Å². The maximum absolute atomic E-state index is 14.3. The predicted molar refractivity (Wildman–Crippen MR) is 85.3 cm³/mol. The van der Waals surface area contributed by atoms with Crippen molar-refractivity contribution in [3.63, 3.8) is 0 Å². The summed E-state index contributed by atoms with van der Waals surface area (Å²) in [5, 5.41) is 3.89. The quantitative estimate of drug-likeness (QED) is 0.688. The summed E-state index contributed by atoms with van der Waals surface area (Å²) >= 11 is 0. The van der Waals surface area contributed by atoms with Crippen LogP contribution in [0.15, 0.2) is 42.6 Å². The van der Waals surface area contributed by atoms with Crippen molar-refractivity contribution < 1.29 is 4.39 Å². The Morgan fingerprint density at radius 3 is 2.71 bits per heavy atom. The van der Waals surface area contributed by atoms with Gasteiger partial charge in [-0.2, -0.15) is 0 Å². The first kappa shape index (κ1) is 13.4. The number of aromatic nitrogens is 1. The number of anilines is 3. The number of hydrogen-bond donors (Lipinski definition) is 2. The Labute approximate surface area is 122 Å². The van der Waals surface area contributed by atoms with Crippen molar-refractivity contribution in [2.24, 2.45) is 0 Å². The van der Waals surface area contributed by atoms with Crippen LogP contribution in [0.3, 0.4) is 0 Å². The van der Waals surface area contributed by atoms with E-state index < -0.39 is 5.82 Å². The zero-order valence-electron chi connectivity index (χ0n) is 11.9. The van der Waals surface area contributed by atoms with Crippen LogP contribution < -0.4 is 11.1 Å². The fourth-order valence-electron chi connectivity index (χ4n) is 2.44. The van der Waals surface area contributed by atoms with Gasteiger partial charge in [0, 0.05) is 23.0 Å². The second-order valence-corrected chi connectivity index (χ2v) is 5.17. The molecule has 0 fully saturated rings. The first-order chi connectivity index (χ1) is 10.1. The molecule has 0 saturated carbocycles. The fourth-order valence-corrected chi connectivity index (χ4v) is 2.44. The van der Waals surface area contributed by atoms with Gasteiger partial charge in [-0.1, -0.05) is 17.7 Å². The van der Waals surface area contributed by atoms with E-state index in [0.29, 0.717) is 16.9 Å². The Balaban J connectivity index is 2.16. The number of hydrogen-bond acceptors (Lipinski definition) is 3. The number of fused-ring (bicyclic) bond motifs is 1. The molecular formula is C17H16FN3. The van der Waals surface area contributed by atoms with Gasteiger partial charge in [0.1, 0.15) is 5.69 Å². The number of nitrogens with two attached hydrogens (primary N) is 1. The second-order valence-electron chi connectivity index (χ2n) is 5.17. The van der Waals surface area contributed by atoms with Crippen LogP contribution in [0, 0.1) is 19.7 Å². The van der Waals surface area contributed by atoms with Crippen LogP contribution in [0.4, 0.5) is 21.5 Å². The number of nitrogens with zero attached hydrogens (tertiary/aromatic N) is 1. The van der Waals surface area contributed by atoms with Crippen molar-refractivity contribution in [2.75, 3.05) is 11.1 Å². The van der Waals surface area contributed by atoms with Gasteiger partial charge in [-0.15, -0.1) is 0 Å². The summed E-state index contributed by atoms with van der Waals surface area (Å²) in [4.78, 5) is 4.26. The largest absolute Gasteiger partial charge is 0.398 e. The minimum absolute atomic E-state index is 0.353. The number of pyridine rings is 1. The van der Waals surface area contributed by atoms with Crippen LogP contribution in [0.25, 0.3) is 10.9 Å². The Morgan fingerprint density at radius 2 is 1.95 bits per heavy atom. The van der Waals surface area contributed by atoms with E-state index in [1.807, 2.05) is 38.1 Å². The van der Waals surface area contributed by atoms with Crippen molar-refractivity contribution in [2.45, 2.75) is 13.8 Å². The summed E-state index contributed by atoms with van der Waals surface area (Å²) in [7, 11) is 0. The van der Waals surface area contributed by atoms with Crippen LogP contribution in [0.5, 0.6) is 0 Å². The first-order valence-electron chi connectivity index (χ1n) is 6.73. The molecule has 1 aromatic heterocycles. The molecule has 0 aliphatic rings. The van der Waals surface area contributed by atoms with E-state index in [9.17, 15) is 4.39 Å². The molecule has 4 heteroatoms. The highest BCUT2D eigenvalue weighted by atomic mass is 19.1. The summed E-state index contributed by atoms with van der Waals surface area (Å²) in [6.45, 7) is 4.01. The monoisotopic (exact) mass is 281 g/mol. The van der Waals surface area contributed by atoms with Gasteiger partial charge < -0.3 is 11.1 Å². The van der Waals surface area contributed by atoms with Crippen molar-refractivity contribution in [3.05, 3.63) is 59.5 Å².